The van der Waals surface area contributed by atoms with E-state index in [4.69, 9.17) is 11.6 Å². The summed E-state index contributed by atoms with van der Waals surface area (Å²) < 4.78 is 0. The average Bonchev–Trinajstić information content (AvgIpc) is 3.15. The van der Waals surface area contributed by atoms with E-state index in [2.05, 4.69) is 5.32 Å². The first kappa shape index (κ1) is 22.4. The van der Waals surface area contributed by atoms with Crippen molar-refractivity contribution in [3.8, 4) is 0 Å². The highest BCUT2D eigenvalue weighted by Crippen LogP contribution is 2.38. The van der Waals surface area contributed by atoms with Gasteiger partial charge in [-0.15, -0.1) is 23.1 Å². The van der Waals surface area contributed by atoms with Crippen LogP contribution in [0.15, 0.2) is 53.4 Å². The number of thioether (sulfide) groups is 1. The summed E-state index contributed by atoms with van der Waals surface area (Å²) in [5.74, 6) is -1.67. The van der Waals surface area contributed by atoms with Crippen molar-refractivity contribution in [3.05, 3.63) is 80.7 Å². The predicted molar refractivity (Wildman–Crippen MR) is 127 cm³/mol. The lowest BCUT2D eigenvalue weighted by atomic mass is 10.0. The van der Waals surface area contributed by atoms with E-state index in [0.29, 0.717) is 30.6 Å². The zero-order valence-corrected chi connectivity index (χ0v) is 19.4. The third-order valence-corrected chi connectivity index (χ3v) is 7.50. The summed E-state index contributed by atoms with van der Waals surface area (Å²) in [7, 11) is 0. The Morgan fingerprint density at radius 1 is 1.09 bits per heavy atom. The lowest BCUT2D eigenvalue weighted by Crippen LogP contribution is -2.36. The molecule has 0 atom stereocenters. The maximum atomic E-state index is 13.1. The molecule has 4 rings (SSSR count). The van der Waals surface area contributed by atoms with Crippen molar-refractivity contribution < 1.29 is 19.5 Å². The number of amides is 2. The molecule has 6 nitrogen and oxygen atoms in total. The van der Waals surface area contributed by atoms with Crippen molar-refractivity contribution in [1.29, 1.82) is 0 Å². The van der Waals surface area contributed by atoms with Crippen molar-refractivity contribution in [2.75, 3.05) is 18.1 Å². The minimum atomic E-state index is -1.11. The molecule has 0 fully saturated rings. The topological polar surface area (TPSA) is 86.7 Å². The van der Waals surface area contributed by atoms with Gasteiger partial charge in [-0.05, 0) is 42.5 Å². The normalized spacial score (nSPS) is 12.9. The second-order valence-corrected chi connectivity index (χ2v) is 9.48. The van der Waals surface area contributed by atoms with Gasteiger partial charge in [0.05, 0.1) is 28.3 Å². The molecule has 2 N–H and O–H groups in total. The van der Waals surface area contributed by atoms with Gasteiger partial charge >= 0.3 is 5.97 Å². The molecule has 3 aromatic rings. The molecule has 0 saturated carbocycles. The van der Waals surface area contributed by atoms with Gasteiger partial charge in [0.2, 0.25) is 0 Å². The van der Waals surface area contributed by atoms with Crippen LogP contribution in [-0.2, 0) is 13.0 Å². The standard InChI is InChI=1S/C23H19ClN2O4S2/c1-31-17-9-5-3-7-15(17)22(28)26-11-10-14-18(12-26)32-21(19(14)23(29)30)25-20(27)13-6-2-4-8-16(13)24/h2-9H,10-12H2,1H3,(H,25,27)(H,29,30). The fourth-order valence-electron chi connectivity index (χ4n) is 3.70. The van der Waals surface area contributed by atoms with Gasteiger partial charge in [-0.25, -0.2) is 4.79 Å². The van der Waals surface area contributed by atoms with E-state index in [1.807, 2.05) is 24.5 Å². The molecule has 164 valence electrons. The number of nitrogens with zero attached hydrogens (tertiary/aromatic N) is 1. The Balaban J connectivity index is 1.62. The Hall–Kier alpha value is -2.81. The zero-order chi connectivity index (χ0) is 22.8. The quantitative estimate of drug-likeness (QED) is 0.479. The van der Waals surface area contributed by atoms with Crippen LogP contribution in [0.1, 0.15) is 41.5 Å². The fraction of sp³-hybridized carbons (Fsp3) is 0.174. The molecule has 1 aliphatic rings. The highest BCUT2D eigenvalue weighted by Gasteiger charge is 2.31. The molecule has 2 heterocycles. The number of carbonyl (C=O) groups is 3. The molecule has 1 aliphatic heterocycles. The average molecular weight is 487 g/mol. The maximum Gasteiger partial charge on any atom is 0.339 e. The van der Waals surface area contributed by atoms with Crippen LogP contribution in [0.3, 0.4) is 0 Å². The summed E-state index contributed by atoms with van der Waals surface area (Å²) in [4.78, 5) is 41.2. The van der Waals surface area contributed by atoms with Crippen LogP contribution in [0, 0.1) is 0 Å². The number of halogens is 1. The van der Waals surface area contributed by atoms with E-state index in [-0.39, 0.29) is 27.1 Å². The molecule has 2 amide bonds. The van der Waals surface area contributed by atoms with Gasteiger partial charge in [0.1, 0.15) is 5.00 Å². The number of hydrogen-bond acceptors (Lipinski definition) is 5. The van der Waals surface area contributed by atoms with E-state index in [1.54, 1.807) is 35.2 Å². The van der Waals surface area contributed by atoms with Crippen LogP contribution in [-0.4, -0.2) is 40.6 Å². The summed E-state index contributed by atoms with van der Waals surface area (Å²) in [6, 6.07) is 14.0. The molecule has 9 heteroatoms. The maximum absolute atomic E-state index is 13.1. The number of rotatable bonds is 5. The van der Waals surface area contributed by atoms with Crippen molar-refractivity contribution in [2.24, 2.45) is 0 Å². The molecule has 0 radical (unpaired) electrons. The Bertz CT molecular complexity index is 1220. The number of hydrogen-bond donors (Lipinski definition) is 2. The van der Waals surface area contributed by atoms with Gasteiger partial charge in [-0.2, -0.15) is 0 Å². The Morgan fingerprint density at radius 3 is 2.47 bits per heavy atom. The third-order valence-electron chi connectivity index (χ3n) is 5.24. The van der Waals surface area contributed by atoms with Crippen molar-refractivity contribution in [3.63, 3.8) is 0 Å². The van der Waals surface area contributed by atoms with E-state index in [9.17, 15) is 19.5 Å². The van der Waals surface area contributed by atoms with Gasteiger partial charge in [-0.1, -0.05) is 35.9 Å². The minimum absolute atomic E-state index is 0.0852. The second-order valence-electron chi connectivity index (χ2n) is 7.12. The Labute approximate surface area is 198 Å². The summed E-state index contributed by atoms with van der Waals surface area (Å²) in [6.07, 6.45) is 2.33. The number of thiophene rings is 1. The van der Waals surface area contributed by atoms with E-state index >= 15 is 0 Å². The minimum Gasteiger partial charge on any atom is -0.478 e. The fourth-order valence-corrected chi connectivity index (χ4v) is 5.76. The number of benzene rings is 2. The molecule has 0 saturated heterocycles. The number of fused-ring (bicyclic) bond motifs is 1. The third kappa shape index (κ3) is 4.26. The van der Waals surface area contributed by atoms with Gasteiger partial charge in [0.25, 0.3) is 11.8 Å². The lowest BCUT2D eigenvalue weighted by Gasteiger charge is -2.27. The number of carboxylic acids is 1. The van der Waals surface area contributed by atoms with Crippen molar-refractivity contribution in [1.82, 2.24) is 4.90 Å². The Kier molecular flexibility index (Phi) is 6.55. The number of aromatic carboxylic acids is 1. The summed E-state index contributed by atoms with van der Waals surface area (Å²) in [5, 5.41) is 13.1. The van der Waals surface area contributed by atoms with Crippen LogP contribution < -0.4 is 5.32 Å². The molecule has 1 aromatic heterocycles. The molecule has 2 aromatic carbocycles. The number of nitrogens with one attached hydrogen (secondary N) is 1. The number of carboxylic acid groups (broad SMARTS) is 1. The zero-order valence-electron chi connectivity index (χ0n) is 17.1. The first-order valence-corrected chi connectivity index (χ1v) is 12.2. The number of carbonyl (C=O) groups excluding carboxylic acids is 2. The van der Waals surface area contributed by atoms with Crippen LogP contribution >= 0.6 is 34.7 Å². The summed E-state index contributed by atoms with van der Waals surface area (Å²) in [5.41, 5.74) is 1.65. The summed E-state index contributed by atoms with van der Waals surface area (Å²) >= 11 is 8.81. The smallest absolute Gasteiger partial charge is 0.339 e. The van der Waals surface area contributed by atoms with Crippen LogP contribution in [0.5, 0.6) is 0 Å². The molecule has 0 bridgehead atoms. The van der Waals surface area contributed by atoms with E-state index in [1.165, 1.54) is 23.1 Å². The highest BCUT2D eigenvalue weighted by atomic mass is 35.5. The van der Waals surface area contributed by atoms with Crippen LogP contribution in [0.4, 0.5) is 5.00 Å². The second kappa shape index (κ2) is 9.36. The van der Waals surface area contributed by atoms with Gasteiger partial charge in [0, 0.05) is 16.3 Å². The molecular weight excluding hydrogens is 468 g/mol. The van der Waals surface area contributed by atoms with Gasteiger partial charge in [-0.3, -0.25) is 9.59 Å². The number of anilines is 1. The van der Waals surface area contributed by atoms with E-state index in [0.717, 1.165) is 9.77 Å². The van der Waals surface area contributed by atoms with Crippen molar-refractivity contribution >= 4 is 57.5 Å². The van der Waals surface area contributed by atoms with Gasteiger partial charge in [0.15, 0.2) is 0 Å². The van der Waals surface area contributed by atoms with Crippen molar-refractivity contribution in [2.45, 2.75) is 17.9 Å². The monoisotopic (exact) mass is 486 g/mol. The molecule has 0 unspecified atom stereocenters. The molecule has 0 aliphatic carbocycles. The molecular formula is C23H19ClN2O4S2. The van der Waals surface area contributed by atoms with Crippen LogP contribution in [0.25, 0.3) is 0 Å². The Morgan fingerprint density at radius 2 is 1.78 bits per heavy atom. The molecule has 32 heavy (non-hydrogen) atoms. The highest BCUT2D eigenvalue weighted by molar-refractivity contribution is 7.98. The van der Waals surface area contributed by atoms with Gasteiger partial charge < -0.3 is 15.3 Å². The first-order valence-electron chi connectivity index (χ1n) is 9.76. The van der Waals surface area contributed by atoms with E-state index < -0.39 is 11.9 Å². The first-order chi connectivity index (χ1) is 15.4. The molecule has 0 spiro atoms. The largest absolute Gasteiger partial charge is 0.478 e. The summed E-state index contributed by atoms with van der Waals surface area (Å²) in [6.45, 7) is 0.702. The SMILES string of the molecule is CSc1ccccc1C(=O)N1CCc2c(sc(NC(=O)c3ccccc3Cl)c2C(=O)O)C1. The van der Waals surface area contributed by atoms with Crippen LogP contribution in [0.2, 0.25) is 5.02 Å². The predicted octanol–water partition coefficient (Wildman–Crippen LogP) is 5.27. The lowest BCUT2D eigenvalue weighted by molar-refractivity contribution is 0.0696.